The van der Waals surface area contributed by atoms with Gasteiger partial charge in [-0.05, 0) is 24.1 Å². The molecule has 0 spiro atoms. The van der Waals surface area contributed by atoms with E-state index in [1.54, 1.807) is 12.4 Å². The van der Waals surface area contributed by atoms with E-state index in [-0.39, 0.29) is 11.9 Å². The van der Waals surface area contributed by atoms with Gasteiger partial charge in [0.15, 0.2) is 0 Å². The SMILES string of the molecule is Nc1ncc(-c2nc(N3CCOCC3)nc3c2CCN3Cc2ccc(C(=O)NCCN3CCOCC3)cc2)cn1. The molecule has 2 aromatic heterocycles. The van der Waals surface area contributed by atoms with Gasteiger partial charge < -0.3 is 30.3 Å². The van der Waals surface area contributed by atoms with Crippen LogP contribution in [0, 0.1) is 0 Å². The third-order valence-electron chi connectivity index (χ3n) is 7.55. The van der Waals surface area contributed by atoms with E-state index in [0.29, 0.717) is 37.8 Å². The van der Waals surface area contributed by atoms with Crippen LogP contribution in [0.3, 0.4) is 0 Å². The molecular weight excluding hydrogens is 510 g/mol. The lowest BCUT2D eigenvalue weighted by molar-refractivity contribution is 0.0383. The van der Waals surface area contributed by atoms with Crippen molar-refractivity contribution < 1.29 is 14.3 Å². The molecule has 3 N–H and O–H groups in total. The van der Waals surface area contributed by atoms with E-state index in [4.69, 9.17) is 25.2 Å². The molecule has 5 heterocycles. The highest BCUT2D eigenvalue weighted by Crippen LogP contribution is 2.36. The predicted molar refractivity (Wildman–Crippen MR) is 151 cm³/mol. The third kappa shape index (κ3) is 5.98. The van der Waals surface area contributed by atoms with Gasteiger partial charge in [-0.1, -0.05) is 12.1 Å². The molecule has 0 bridgehead atoms. The maximum atomic E-state index is 12.7. The van der Waals surface area contributed by atoms with Crippen molar-refractivity contribution in [1.82, 2.24) is 30.2 Å². The average Bonchev–Trinajstić information content (AvgIpc) is 3.41. The van der Waals surface area contributed by atoms with Gasteiger partial charge in [-0.2, -0.15) is 4.98 Å². The molecule has 0 radical (unpaired) electrons. The van der Waals surface area contributed by atoms with E-state index in [2.05, 4.69) is 30.0 Å². The monoisotopic (exact) mass is 545 g/mol. The zero-order chi connectivity index (χ0) is 27.3. The molecule has 6 rings (SSSR count). The summed E-state index contributed by atoms with van der Waals surface area (Å²) in [5, 5.41) is 3.03. The Morgan fingerprint density at radius 1 is 0.925 bits per heavy atom. The van der Waals surface area contributed by atoms with Gasteiger partial charge in [0.05, 0.1) is 32.1 Å². The number of hydrogen-bond acceptors (Lipinski definition) is 11. The van der Waals surface area contributed by atoms with E-state index in [9.17, 15) is 4.79 Å². The summed E-state index contributed by atoms with van der Waals surface area (Å²) in [5.41, 5.74) is 10.3. The smallest absolute Gasteiger partial charge is 0.251 e. The number of amides is 1. The average molecular weight is 546 g/mol. The Morgan fingerprint density at radius 3 is 2.35 bits per heavy atom. The number of carbonyl (C=O) groups excluding carboxylic acids is 1. The third-order valence-corrected chi connectivity index (χ3v) is 7.55. The summed E-state index contributed by atoms with van der Waals surface area (Å²) in [7, 11) is 0. The quantitative estimate of drug-likeness (QED) is 0.419. The van der Waals surface area contributed by atoms with E-state index >= 15 is 0 Å². The van der Waals surface area contributed by atoms with Crippen LogP contribution in [-0.2, 0) is 22.4 Å². The van der Waals surface area contributed by atoms with Crippen LogP contribution in [0.15, 0.2) is 36.7 Å². The number of ether oxygens (including phenoxy) is 2. The summed E-state index contributed by atoms with van der Waals surface area (Å²) >= 11 is 0. The topological polar surface area (TPSA) is 135 Å². The molecular formula is C28H35N9O3. The molecule has 0 unspecified atom stereocenters. The molecule has 3 aliphatic rings. The van der Waals surface area contributed by atoms with Gasteiger partial charge in [0.1, 0.15) is 5.82 Å². The van der Waals surface area contributed by atoms with Crippen LogP contribution < -0.4 is 20.9 Å². The molecule has 3 aliphatic heterocycles. The predicted octanol–water partition coefficient (Wildman–Crippen LogP) is 0.977. The minimum absolute atomic E-state index is 0.0513. The Hall–Kier alpha value is -3.87. The summed E-state index contributed by atoms with van der Waals surface area (Å²) in [6.45, 7) is 9.10. The molecule has 1 aromatic carbocycles. The number of nitrogens with zero attached hydrogens (tertiary/aromatic N) is 7. The maximum Gasteiger partial charge on any atom is 0.251 e. The Kier molecular flexibility index (Phi) is 7.98. The molecule has 12 nitrogen and oxygen atoms in total. The van der Waals surface area contributed by atoms with Crippen molar-refractivity contribution in [2.75, 3.05) is 87.8 Å². The maximum absolute atomic E-state index is 12.7. The summed E-state index contributed by atoms with van der Waals surface area (Å²) in [4.78, 5) is 37.8. The van der Waals surface area contributed by atoms with E-state index in [0.717, 1.165) is 87.1 Å². The summed E-state index contributed by atoms with van der Waals surface area (Å²) in [6.07, 6.45) is 4.27. The number of hydrogen-bond donors (Lipinski definition) is 2. The van der Waals surface area contributed by atoms with Crippen molar-refractivity contribution in [2.45, 2.75) is 13.0 Å². The van der Waals surface area contributed by atoms with Crippen LogP contribution in [0.2, 0.25) is 0 Å². The van der Waals surface area contributed by atoms with Crippen LogP contribution in [-0.4, -0.2) is 103 Å². The molecule has 3 aromatic rings. The molecule has 0 saturated carbocycles. The molecule has 2 fully saturated rings. The summed E-state index contributed by atoms with van der Waals surface area (Å²) in [6, 6.07) is 7.83. The molecule has 2 saturated heterocycles. The number of rotatable bonds is 8. The molecule has 12 heteroatoms. The number of nitrogens with one attached hydrogen (secondary N) is 1. The van der Waals surface area contributed by atoms with E-state index < -0.39 is 0 Å². The Bertz CT molecular complexity index is 1310. The fraction of sp³-hybridized carbons (Fsp3) is 0.464. The van der Waals surface area contributed by atoms with E-state index in [1.807, 2.05) is 24.3 Å². The van der Waals surface area contributed by atoms with Gasteiger partial charge in [0, 0.05) is 81.4 Å². The number of morpholine rings is 2. The standard InChI is InChI=1S/C28H35N9O3/c29-27-31-17-22(18-32-27)24-23-5-7-37(25(23)34-28(33-24)36-11-15-40-16-12-36)19-20-1-3-21(4-2-20)26(38)30-6-8-35-9-13-39-14-10-35/h1-4,17-18H,5-16,19H2,(H,30,38)(H2,29,31,32). The molecule has 40 heavy (non-hydrogen) atoms. The highest BCUT2D eigenvalue weighted by atomic mass is 16.5. The van der Waals surface area contributed by atoms with Crippen molar-refractivity contribution >= 4 is 23.6 Å². The first-order valence-corrected chi connectivity index (χ1v) is 13.9. The summed E-state index contributed by atoms with van der Waals surface area (Å²) < 4.78 is 10.9. The first-order chi connectivity index (χ1) is 19.6. The van der Waals surface area contributed by atoms with Gasteiger partial charge in [0.2, 0.25) is 11.9 Å². The lowest BCUT2D eigenvalue weighted by Gasteiger charge is -2.28. The number of nitrogens with two attached hydrogens (primary N) is 1. The Morgan fingerprint density at radius 2 is 1.62 bits per heavy atom. The molecule has 0 atom stereocenters. The van der Waals surface area contributed by atoms with Crippen LogP contribution in [0.1, 0.15) is 21.5 Å². The lowest BCUT2D eigenvalue weighted by atomic mass is 10.1. The lowest BCUT2D eigenvalue weighted by Crippen LogP contribution is -2.41. The molecule has 0 aliphatic carbocycles. The molecule has 210 valence electrons. The van der Waals surface area contributed by atoms with Gasteiger partial charge in [-0.15, -0.1) is 0 Å². The number of nitrogen functional groups attached to an aromatic ring is 1. The second kappa shape index (κ2) is 12.1. The number of fused-ring (bicyclic) bond motifs is 1. The van der Waals surface area contributed by atoms with Gasteiger partial charge >= 0.3 is 0 Å². The van der Waals surface area contributed by atoms with Gasteiger partial charge in [-0.3, -0.25) is 9.69 Å². The highest BCUT2D eigenvalue weighted by Gasteiger charge is 2.28. The second-order valence-electron chi connectivity index (χ2n) is 10.2. The van der Waals surface area contributed by atoms with E-state index in [1.165, 1.54) is 0 Å². The van der Waals surface area contributed by atoms with Crippen molar-refractivity contribution in [3.63, 3.8) is 0 Å². The Labute approximate surface area is 233 Å². The summed E-state index contributed by atoms with van der Waals surface area (Å²) in [5.74, 6) is 1.79. The minimum atomic E-state index is -0.0513. The van der Waals surface area contributed by atoms with Gasteiger partial charge in [-0.25, -0.2) is 15.0 Å². The van der Waals surface area contributed by atoms with Crippen molar-refractivity contribution in [1.29, 1.82) is 0 Å². The number of carbonyl (C=O) groups is 1. The van der Waals surface area contributed by atoms with Crippen LogP contribution in [0.25, 0.3) is 11.3 Å². The number of aromatic nitrogens is 4. The van der Waals surface area contributed by atoms with Crippen molar-refractivity contribution in [3.8, 4) is 11.3 Å². The van der Waals surface area contributed by atoms with Crippen molar-refractivity contribution in [2.24, 2.45) is 0 Å². The molecule has 1 amide bonds. The number of anilines is 3. The fourth-order valence-corrected chi connectivity index (χ4v) is 5.30. The fourth-order valence-electron chi connectivity index (χ4n) is 5.30. The first kappa shape index (κ1) is 26.4. The van der Waals surface area contributed by atoms with Crippen LogP contribution >= 0.6 is 0 Å². The normalized spacial score (nSPS) is 17.6. The van der Waals surface area contributed by atoms with Crippen LogP contribution in [0.5, 0.6) is 0 Å². The first-order valence-electron chi connectivity index (χ1n) is 13.9. The minimum Gasteiger partial charge on any atom is -0.379 e. The second-order valence-corrected chi connectivity index (χ2v) is 10.2. The van der Waals surface area contributed by atoms with Crippen LogP contribution in [0.4, 0.5) is 17.7 Å². The Balaban J connectivity index is 1.16. The largest absolute Gasteiger partial charge is 0.379 e. The van der Waals surface area contributed by atoms with Crippen molar-refractivity contribution in [3.05, 3.63) is 53.3 Å². The zero-order valence-electron chi connectivity index (χ0n) is 22.6. The number of benzene rings is 1. The highest BCUT2D eigenvalue weighted by molar-refractivity contribution is 5.94. The zero-order valence-corrected chi connectivity index (χ0v) is 22.6. The van der Waals surface area contributed by atoms with Gasteiger partial charge in [0.25, 0.3) is 5.91 Å².